The summed E-state index contributed by atoms with van der Waals surface area (Å²) in [5.74, 6) is 0.948. The Kier molecular flexibility index (Phi) is 8.86. The fourth-order valence-corrected chi connectivity index (χ4v) is 1.29. The monoisotopic (exact) mass is 246 g/mol. The van der Waals surface area contributed by atoms with Crippen molar-refractivity contribution in [1.82, 2.24) is 0 Å². The van der Waals surface area contributed by atoms with Crippen LogP contribution in [0.25, 0.3) is 0 Å². The van der Waals surface area contributed by atoms with Crippen LogP contribution in [0.4, 0.5) is 0 Å². The molecule has 2 heteroatoms. The van der Waals surface area contributed by atoms with Gasteiger partial charge in [0.15, 0.2) is 0 Å². The Labute approximate surface area is 102 Å². The normalized spacial score (nSPS) is 8.36. The van der Waals surface area contributed by atoms with Crippen LogP contribution in [-0.4, -0.2) is 5.75 Å². The molecule has 0 radical (unpaired) electrons. The third kappa shape index (κ3) is 6.09. The third-order valence-corrected chi connectivity index (χ3v) is 1.91. The van der Waals surface area contributed by atoms with Crippen molar-refractivity contribution in [2.24, 2.45) is 0 Å². The Hall–Kier alpha value is -0.431. The molecule has 0 nitrogen and oxygen atoms in total. The third-order valence-electron chi connectivity index (χ3n) is 1.69. The van der Waals surface area contributed by atoms with E-state index in [1.807, 2.05) is 30.3 Å². The van der Waals surface area contributed by atoms with Gasteiger partial charge in [-0.15, -0.1) is 0 Å². The smallest absolute Gasteiger partial charge is 0.214 e. The second-order valence-electron chi connectivity index (χ2n) is 2.73. The van der Waals surface area contributed by atoms with E-state index in [1.54, 1.807) is 0 Å². The Balaban J connectivity index is 0.000000246. The van der Waals surface area contributed by atoms with Gasteiger partial charge >= 0.3 is 17.1 Å². The van der Waals surface area contributed by atoms with Crippen molar-refractivity contribution < 1.29 is 17.1 Å². The minimum Gasteiger partial charge on any atom is -0.214 e. The van der Waals surface area contributed by atoms with Gasteiger partial charge in [0.25, 0.3) is 0 Å². The summed E-state index contributed by atoms with van der Waals surface area (Å²) < 4.78 is 0. The molecule has 0 aliphatic rings. The molecule has 0 bridgehead atoms. The Morgan fingerprint density at radius 1 is 1.00 bits per heavy atom. The molecule has 0 fully saturated rings. The van der Waals surface area contributed by atoms with Gasteiger partial charge in [-0.2, -0.15) is 48.5 Å². The maximum Gasteiger partial charge on any atom is 2.00 e. The van der Waals surface area contributed by atoms with Crippen molar-refractivity contribution in [1.29, 1.82) is 0 Å². The van der Waals surface area contributed by atoms with Crippen LogP contribution in [0.15, 0.2) is 54.6 Å². The zero-order chi connectivity index (χ0) is 9.36. The van der Waals surface area contributed by atoms with E-state index in [4.69, 9.17) is 0 Å². The van der Waals surface area contributed by atoms with Crippen molar-refractivity contribution in [3.63, 3.8) is 0 Å². The molecule has 0 heterocycles. The van der Waals surface area contributed by atoms with Crippen molar-refractivity contribution >= 4 is 12.6 Å². The van der Waals surface area contributed by atoms with Crippen LogP contribution in [0.2, 0.25) is 0 Å². The minimum absolute atomic E-state index is 0. The number of hydrogen-bond donors (Lipinski definition) is 1. The molecule has 0 saturated carbocycles. The summed E-state index contributed by atoms with van der Waals surface area (Å²) in [6.45, 7) is 0. The second kappa shape index (κ2) is 9.14. The Morgan fingerprint density at radius 2 is 1.57 bits per heavy atom. The SMILES string of the molecule is SCC[c-]1cccc1.[Fe+2].c1cc[cH-]c1. The Morgan fingerprint density at radius 3 is 1.93 bits per heavy atom. The first-order valence-corrected chi connectivity index (χ1v) is 5.05. The van der Waals surface area contributed by atoms with Gasteiger partial charge < -0.3 is 0 Å². The molecule has 76 valence electrons. The van der Waals surface area contributed by atoms with Gasteiger partial charge in [-0.3, -0.25) is 0 Å². The number of aryl methyl sites for hydroxylation is 1. The van der Waals surface area contributed by atoms with Crippen LogP contribution in [0.5, 0.6) is 0 Å². The van der Waals surface area contributed by atoms with Crippen LogP contribution in [0, 0.1) is 0 Å². The van der Waals surface area contributed by atoms with Crippen molar-refractivity contribution in [3.05, 3.63) is 60.2 Å². The Bertz CT molecular complexity index is 254. The molecule has 2 aromatic carbocycles. The molecule has 0 spiro atoms. The van der Waals surface area contributed by atoms with Crippen LogP contribution >= 0.6 is 12.6 Å². The summed E-state index contributed by atoms with van der Waals surface area (Å²) >= 11 is 4.11. The van der Waals surface area contributed by atoms with E-state index < -0.39 is 0 Å². The molecule has 0 aliphatic heterocycles. The van der Waals surface area contributed by atoms with Gasteiger partial charge in [0, 0.05) is 0 Å². The molecule has 0 atom stereocenters. The van der Waals surface area contributed by atoms with Gasteiger partial charge in [-0.05, 0) is 5.75 Å². The van der Waals surface area contributed by atoms with Crippen LogP contribution in [0.1, 0.15) is 5.56 Å². The van der Waals surface area contributed by atoms with E-state index in [-0.39, 0.29) is 17.1 Å². The maximum absolute atomic E-state index is 4.11. The molecular formula is C12H14FeS. The molecular weight excluding hydrogens is 232 g/mol. The molecule has 0 unspecified atom stereocenters. The summed E-state index contributed by atoms with van der Waals surface area (Å²) in [6.07, 6.45) is 1.09. The van der Waals surface area contributed by atoms with Crippen molar-refractivity contribution in [2.45, 2.75) is 6.42 Å². The minimum atomic E-state index is 0. The van der Waals surface area contributed by atoms with E-state index in [0.29, 0.717) is 0 Å². The largest absolute Gasteiger partial charge is 2.00 e. The van der Waals surface area contributed by atoms with E-state index >= 15 is 0 Å². The van der Waals surface area contributed by atoms with Crippen LogP contribution in [-0.2, 0) is 23.5 Å². The van der Waals surface area contributed by atoms with Gasteiger partial charge in [-0.25, -0.2) is 24.3 Å². The number of thiol groups is 1. The predicted molar refractivity (Wildman–Crippen MR) is 61.6 cm³/mol. The summed E-state index contributed by atoms with van der Waals surface area (Å²) in [5.41, 5.74) is 1.39. The van der Waals surface area contributed by atoms with Crippen LogP contribution < -0.4 is 0 Å². The molecule has 0 aromatic heterocycles. The average molecular weight is 246 g/mol. The first kappa shape index (κ1) is 13.6. The van der Waals surface area contributed by atoms with E-state index in [1.165, 1.54) is 5.56 Å². The van der Waals surface area contributed by atoms with E-state index in [0.717, 1.165) is 12.2 Å². The molecule has 2 aromatic rings. The number of hydrogen-bond acceptors (Lipinski definition) is 1. The van der Waals surface area contributed by atoms with Gasteiger partial charge in [0.05, 0.1) is 0 Å². The standard InChI is InChI=1S/C7H9S.C5H5.Fe/c8-6-5-7-3-1-2-4-7;1-2-4-5-3-1;/h1-4,8H,5-6H2;1-5H;/q2*-1;+2. The summed E-state index contributed by atoms with van der Waals surface area (Å²) in [7, 11) is 0. The summed E-state index contributed by atoms with van der Waals surface area (Å²) in [5, 5.41) is 0. The predicted octanol–water partition coefficient (Wildman–Crippen LogP) is 3.28. The number of rotatable bonds is 2. The zero-order valence-corrected chi connectivity index (χ0v) is 9.91. The molecule has 14 heavy (non-hydrogen) atoms. The average Bonchev–Trinajstić information content (AvgIpc) is 2.79. The van der Waals surface area contributed by atoms with Crippen molar-refractivity contribution in [2.75, 3.05) is 5.75 Å². The van der Waals surface area contributed by atoms with Crippen LogP contribution in [0.3, 0.4) is 0 Å². The van der Waals surface area contributed by atoms with Gasteiger partial charge in [-0.1, -0.05) is 6.42 Å². The fourth-order valence-electron chi connectivity index (χ4n) is 1.03. The molecule has 0 N–H and O–H groups in total. The van der Waals surface area contributed by atoms with E-state index in [9.17, 15) is 0 Å². The first-order valence-electron chi connectivity index (χ1n) is 4.41. The topological polar surface area (TPSA) is 0 Å². The van der Waals surface area contributed by atoms with Crippen molar-refractivity contribution in [3.8, 4) is 0 Å². The first-order chi connectivity index (χ1) is 6.43. The fraction of sp³-hybridized carbons (Fsp3) is 0.167. The second-order valence-corrected chi connectivity index (χ2v) is 3.18. The quantitative estimate of drug-likeness (QED) is 0.469. The summed E-state index contributed by atoms with van der Waals surface area (Å²) in [6, 6.07) is 18.4. The van der Waals surface area contributed by atoms with Gasteiger partial charge in [0.2, 0.25) is 0 Å². The zero-order valence-electron chi connectivity index (χ0n) is 7.91. The molecule has 0 amide bonds. The molecule has 0 aliphatic carbocycles. The molecule has 2 rings (SSSR count). The van der Waals surface area contributed by atoms with Gasteiger partial charge in [0.1, 0.15) is 0 Å². The maximum atomic E-state index is 4.11. The molecule has 0 saturated heterocycles. The van der Waals surface area contributed by atoms with E-state index in [2.05, 4.69) is 36.9 Å². The summed E-state index contributed by atoms with van der Waals surface area (Å²) in [4.78, 5) is 0.